The number of hydrogen-bond donors (Lipinski definition) is 2. The molecule has 0 aliphatic carbocycles. The first kappa shape index (κ1) is 15.7. The smallest absolute Gasteiger partial charge is 0.317 e. The van der Waals surface area contributed by atoms with Crippen LogP contribution in [-0.2, 0) is 11.2 Å². The summed E-state index contributed by atoms with van der Waals surface area (Å²) in [5.74, 6) is -0.780. The fourth-order valence-electron chi connectivity index (χ4n) is 2.20. The van der Waals surface area contributed by atoms with Crippen LogP contribution in [0.3, 0.4) is 0 Å². The Hall–Kier alpha value is -1.67. The van der Waals surface area contributed by atoms with E-state index in [9.17, 15) is 9.59 Å². The number of urea groups is 1. The number of aromatic nitrogens is 1. The van der Waals surface area contributed by atoms with Gasteiger partial charge in [0, 0.05) is 51.1 Å². The summed E-state index contributed by atoms with van der Waals surface area (Å²) in [6, 6.07) is -0.0527. The summed E-state index contributed by atoms with van der Waals surface area (Å²) in [6.45, 7) is 3.88. The number of carboxylic acid groups (broad SMARTS) is 1. The number of piperazine rings is 1. The lowest BCUT2D eigenvalue weighted by Crippen LogP contribution is -2.52. The fourth-order valence-corrected chi connectivity index (χ4v) is 2.79. The first-order chi connectivity index (χ1) is 10.1. The van der Waals surface area contributed by atoms with E-state index in [1.807, 2.05) is 5.38 Å². The van der Waals surface area contributed by atoms with Crippen molar-refractivity contribution >= 4 is 23.3 Å². The number of nitrogens with one attached hydrogen (secondary N) is 1. The molecule has 8 heteroatoms. The maximum absolute atomic E-state index is 12.0. The van der Waals surface area contributed by atoms with Gasteiger partial charge in [-0.2, -0.15) is 0 Å². The summed E-state index contributed by atoms with van der Waals surface area (Å²) in [7, 11) is 0. The third-order valence-corrected chi connectivity index (χ3v) is 4.08. The van der Waals surface area contributed by atoms with Crippen LogP contribution in [0.1, 0.15) is 12.1 Å². The average molecular weight is 312 g/mol. The molecule has 1 saturated heterocycles. The lowest BCUT2D eigenvalue weighted by molar-refractivity contribution is -0.137. The maximum Gasteiger partial charge on any atom is 0.317 e. The van der Waals surface area contributed by atoms with Crippen molar-refractivity contribution in [3.63, 3.8) is 0 Å². The molecule has 0 radical (unpaired) electrons. The fraction of sp³-hybridized carbons (Fsp3) is 0.615. The van der Waals surface area contributed by atoms with Gasteiger partial charge >= 0.3 is 12.0 Å². The van der Waals surface area contributed by atoms with E-state index in [0.717, 1.165) is 25.2 Å². The van der Waals surface area contributed by atoms with E-state index < -0.39 is 5.97 Å². The molecule has 0 unspecified atom stereocenters. The second-order valence-corrected chi connectivity index (χ2v) is 5.65. The van der Waals surface area contributed by atoms with Crippen molar-refractivity contribution in [2.75, 3.05) is 39.3 Å². The molecule has 21 heavy (non-hydrogen) atoms. The summed E-state index contributed by atoms with van der Waals surface area (Å²) in [4.78, 5) is 30.5. The normalized spacial score (nSPS) is 15.9. The van der Waals surface area contributed by atoms with Crippen LogP contribution in [0.5, 0.6) is 0 Å². The van der Waals surface area contributed by atoms with Crippen LogP contribution in [0.2, 0.25) is 0 Å². The van der Waals surface area contributed by atoms with Crippen LogP contribution in [-0.4, -0.2) is 71.2 Å². The number of aliphatic carboxylic acids is 1. The average Bonchev–Trinajstić information content (AvgIpc) is 2.99. The van der Waals surface area contributed by atoms with Crippen LogP contribution in [0, 0.1) is 0 Å². The molecule has 1 aromatic rings. The van der Waals surface area contributed by atoms with Crippen LogP contribution < -0.4 is 5.32 Å². The van der Waals surface area contributed by atoms with Gasteiger partial charge in [0.25, 0.3) is 0 Å². The number of rotatable bonds is 6. The van der Waals surface area contributed by atoms with Gasteiger partial charge in [0.05, 0.1) is 17.6 Å². The van der Waals surface area contributed by atoms with Gasteiger partial charge in [0.2, 0.25) is 0 Å². The zero-order valence-electron chi connectivity index (χ0n) is 11.8. The molecule has 1 aliphatic rings. The molecule has 1 aliphatic heterocycles. The quantitative estimate of drug-likeness (QED) is 0.798. The molecule has 1 fully saturated rings. The molecule has 0 aromatic carbocycles. The number of carbonyl (C=O) groups excluding carboxylic acids is 1. The lowest BCUT2D eigenvalue weighted by atomic mass is 10.3. The second-order valence-electron chi connectivity index (χ2n) is 4.93. The van der Waals surface area contributed by atoms with Crippen LogP contribution in [0.15, 0.2) is 10.9 Å². The molecule has 0 atom stereocenters. The molecular weight excluding hydrogens is 292 g/mol. The Labute approximate surface area is 127 Å². The SMILES string of the molecule is O=C(O)CCN1CCN(C(=O)NCCc2cscn2)CC1. The van der Waals surface area contributed by atoms with E-state index in [0.29, 0.717) is 26.2 Å². The summed E-state index contributed by atoms with van der Waals surface area (Å²) in [5.41, 5.74) is 2.78. The minimum Gasteiger partial charge on any atom is -0.481 e. The molecular formula is C13H20N4O3S. The molecule has 2 heterocycles. The zero-order chi connectivity index (χ0) is 15.1. The Morgan fingerprint density at radius 3 is 2.71 bits per heavy atom. The Morgan fingerprint density at radius 1 is 1.33 bits per heavy atom. The lowest BCUT2D eigenvalue weighted by Gasteiger charge is -2.34. The van der Waals surface area contributed by atoms with Gasteiger partial charge in [-0.25, -0.2) is 9.78 Å². The van der Waals surface area contributed by atoms with Gasteiger partial charge < -0.3 is 15.3 Å². The first-order valence-electron chi connectivity index (χ1n) is 6.99. The standard InChI is InChI=1S/C13H20N4O3S/c18-12(19)2-4-16-5-7-17(8-6-16)13(20)14-3-1-11-9-21-10-15-11/h9-10H,1-8H2,(H,14,20)(H,18,19). The summed E-state index contributed by atoms with van der Waals surface area (Å²) < 4.78 is 0. The highest BCUT2D eigenvalue weighted by Gasteiger charge is 2.20. The van der Waals surface area contributed by atoms with E-state index in [1.54, 1.807) is 21.7 Å². The minimum absolute atomic E-state index is 0.0527. The molecule has 2 rings (SSSR count). The van der Waals surface area contributed by atoms with Crippen molar-refractivity contribution < 1.29 is 14.7 Å². The molecule has 0 saturated carbocycles. The molecule has 0 spiro atoms. The number of carbonyl (C=O) groups is 2. The number of nitrogens with zero attached hydrogens (tertiary/aromatic N) is 3. The third kappa shape index (κ3) is 5.31. The van der Waals surface area contributed by atoms with Crippen LogP contribution in [0.4, 0.5) is 4.79 Å². The van der Waals surface area contributed by atoms with Crippen molar-refractivity contribution in [1.29, 1.82) is 0 Å². The highest BCUT2D eigenvalue weighted by Crippen LogP contribution is 2.04. The van der Waals surface area contributed by atoms with Gasteiger partial charge in [-0.15, -0.1) is 11.3 Å². The molecule has 7 nitrogen and oxygen atoms in total. The summed E-state index contributed by atoms with van der Waals surface area (Å²) >= 11 is 1.55. The highest BCUT2D eigenvalue weighted by molar-refractivity contribution is 7.07. The number of amides is 2. The first-order valence-corrected chi connectivity index (χ1v) is 7.93. The van der Waals surface area contributed by atoms with E-state index in [1.165, 1.54) is 0 Å². The Balaban J connectivity index is 1.62. The van der Waals surface area contributed by atoms with Crippen LogP contribution >= 0.6 is 11.3 Å². The van der Waals surface area contributed by atoms with Gasteiger partial charge in [-0.05, 0) is 0 Å². The van der Waals surface area contributed by atoms with Crippen molar-refractivity contribution in [2.45, 2.75) is 12.8 Å². The van der Waals surface area contributed by atoms with Gasteiger partial charge in [0.1, 0.15) is 0 Å². The number of carboxylic acids is 1. The molecule has 0 bridgehead atoms. The van der Waals surface area contributed by atoms with Crippen LogP contribution in [0.25, 0.3) is 0 Å². The van der Waals surface area contributed by atoms with Gasteiger partial charge in [-0.3, -0.25) is 9.69 Å². The second kappa shape index (κ2) is 7.94. The summed E-state index contributed by atoms with van der Waals surface area (Å²) in [6.07, 6.45) is 0.896. The predicted molar refractivity (Wildman–Crippen MR) is 79.5 cm³/mol. The predicted octanol–water partition coefficient (Wildman–Crippen LogP) is 0.488. The Kier molecular flexibility index (Phi) is 5.94. The Bertz CT molecular complexity index is 458. The number of hydrogen-bond acceptors (Lipinski definition) is 5. The topological polar surface area (TPSA) is 85.8 Å². The largest absolute Gasteiger partial charge is 0.481 e. The van der Waals surface area contributed by atoms with Crippen molar-refractivity contribution in [2.24, 2.45) is 0 Å². The van der Waals surface area contributed by atoms with Crippen molar-refractivity contribution in [3.05, 3.63) is 16.6 Å². The van der Waals surface area contributed by atoms with E-state index in [2.05, 4.69) is 15.2 Å². The third-order valence-electron chi connectivity index (χ3n) is 3.44. The monoisotopic (exact) mass is 312 g/mol. The van der Waals surface area contributed by atoms with E-state index in [-0.39, 0.29) is 12.5 Å². The molecule has 2 N–H and O–H groups in total. The van der Waals surface area contributed by atoms with Crippen molar-refractivity contribution in [1.82, 2.24) is 20.1 Å². The molecule has 1 aromatic heterocycles. The zero-order valence-corrected chi connectivity index (χ0v) is 12.6. The molecule has 116 valence electrons. The Morgan fingerprint density at radius 2 is 2.10 bits per heavy atom. The molecule has 2 amide bonds. The maximum atomic E-state index is 12.0. The van der Waals surface area contributed by atoms with E-state index >= 15 is 0 Å². The number of thiazole rings is 1. The van der Waals surface area contributed by atoms with Gasteiger partial charge in [-0.1, -0.05) is 0 Å². The van der Waals surface area contributed by atoms with Crippen molar-refractivity contribution in [3.8, 4) is 0 Å². The van der Waals surface area contributed by atoms with Gasteiger partial charge in [0.15, 0.2) is 0 Å². The summed E-state index contributed by atoms with van der Waals surface area (Å²) in [5, 5.41) is 13.5. The minimum atomic E-state index is -0.780. The van der Waals surface area contributed by atoms with E-state index in [4.69, 9.17) is 5.11 Å². The highest BCUT2D eigenvalue weighted by atomic mass is 32.1.